The van der Waals surface area contributed by atoms with Gasteiger partial charge in [-0.05, 0) is 24.2 Å². The third-order valence-corrected chi connectivity index (χ3v) is 4.77. The number of nitrogens with zero attached hydrogens (tertiary/aromatic N) is 2. The van der Waals surface area contributed by atoms with Crippen LogP contribution < -0.4 is 5.73 Å². The van der Waals surface area contributed by atoms with Gasteiger partial charge in [-0.3, -0.25) is 0 Å². The second-order valence-electron chi connectivity index (χ2n) is 6.55. The summed E-state index contributed by atoms with van der Waals surface area (Å²) in [6.07, 6.45) is 2.08. The summed E-state index contributed by atoms with van der Waals surface area (Å²) in [6.45, 7) is 10.9. The van der Waals surface area contributed by atoms with Gasteiger partial charge in [0.2, 0.25) is 5.89 Å². The molecule has 1 heterocycles. The van der Waals surface area contributed by atoms with Crippen molar-refractivity contribution in [2.75, 3.05) is 0 Å². The Bertz CT molecular complexity index is 411. The first-order valence-corrected chi connectivity index (χ1v) is 6.93. The molecule has 4 heteroatoms. The van der Waals surface area contributed by atoms with Crippen LogP contribution in [0.15, 0.2) is 4.52 Å². The van der Waals surface area contributed by atoms with Crippen molar-refractivity contribution >= 4 is 0 Å². The fraction of sp³-hybridized carbons (Fsp3) is 0.857. The van der Waals surface area contributed by atoms with Crippen LogP contribution in [0.25, 0.3) is 0 Å². The number of aromatic nitrogens is 2. The average molecular weight is 251 g/mol. The summed E-state index contributed by atoms with van der Waals surface area (Å²) in [7, 11) is 0. The Morgan fingerprint density at radius 3 is 2.56 bits per heavy atom. The molecule has 0 aliphatic heterocycles. The molecule has 102 valence electrons. The van der Waals surface area contributed by atoms with Gasteiger partial charge in [-0.1, -0.05) is 39.8 Å². The predicted octanol–water partition coefficient (Wildman–Crippen LogP) is 3.06. The quantitative estimate of drug-likeness (QED) is 0.877. The topological polar surface area (TPSA) is 64.9 Å². The average Bonchev–Trinajstić information content (AvgIpc) is 2.75. The van der Waals surface area contributed by atoms with Gasteiger partial charge in [0.25, 0.3) is 0 Å². The lowest BCUT2D eigenvalue weighted by atomic mass is 9.61. The van der Waals surface area contributed by atoms with Gasteiger partial charge in [0, 0.05) is 17.9 Å². The number of nitrogens with two attached hydrogens (primary N) is 1. The van der Waals surface area contributed by atoms with E-state index in [9.17, 15) is 0 Å². The Morgan fingerprint density at radius 1 is 1.33 bits per heavy atom. The molecule has 1 aromatic heterocycles. The molecule has 1 fully saturated rings. The number of hydrogen-bond acceptors (Lipinski definition) is 4. The van der Waals surface area contributed by atoms with Gasteiger partial charge in [0.05, 0.1) is 0 Å². The highest BCUT2D eigenvalue weighted by atomic mass is 16.5. The van der Waals surface area contributed by atoms with Crippen LogP contribution in [0.2, 0.25) is 0 Å². The standard InChI is InChI=1S/C14H25N3O/c1-8(2)12-16-13(18-17-12)10-6-7-11(15)9(3)14(10,4)5/h8-11H,6-7,15H2,1-5H3. The van der Waals surface area contributed by atoms with E-state index in [1.54, 1.807) is 0 Å². The molecule has 3 unspecified atom stereocenters. The molecule has 1 saturated carbocycles. The molecule has 0 amide bonds. The van der Waals surface area contributed by atoms with Crippen LogP contribution in [-0.4, -0.2) is 16.2 Å². The van der Waals surface area contributed by atoms with Gasteiger partial charge in [0.15, 0.2) is 5.82 Å². The van der Waals surface area contributed by atoms with E-state index in [-0.39, 0.29) is 11.5 Å². The summed E-state index contributed by atoms with van der Waals surface area (Å²) in [5.74, 6) is 2.71. The Labute approximate surface area is 109 Å². The zero-order valence-electron chi connectivity index (χ0n) is 12.1. The Morgan fingerprint density at radius 2 is 2.00 bits per heavy atom. The van der Waals surface area contributed by atoms with Crippen LogP contribution in [0.3, 0.4) is 0 Å². The minimum Gasteiger partial charge on any atom is -0.339 e. The van der Waals surface area contributed by atoms with Gasteiger partial charge in [-0.15, -0.1) is 0 Å². The maximum atomic E-state index is 6.18. The lowest BCUT2D eigenvalue weighted by molar-refractivity contribution is 0.0806. The zero-order chi connectivity index (χ0) is 13.5. The van der Waals surface area contributed by atoms with E-state index in [0.29, 0.717) is 17.8 Å². The molecule has 0 spiro atoms. The SMILES string of the molecule is CC(C)c1noc(C2CCC(N)C(C)C2(C)C)n1. The normalized spacial score (nSPS) is 31.8. The van der Waals surface area contributed by atoms with Crippen LogP contribution in [0, 0.1) is 11.3 Å². The molecule has 0 aromatic carbocycles. The first kappa shape index (κ1) is 13.5. The first-order chi connectivity index (χ1) is 8.34. The summed E-state index contributed by atoms with van der Waals surface area (Å²) >= 11 is 0. The van der Waals surface area contributed by atoms with Gasteiger partial charge in [-0.25, -0.2) is 0 Å². The van der Waals surface area contributed by atoms with Crippen molar-refractivity contribution in [3.05, 3.63) is 11.7 Å². The van der Waals surface area contributed by atoms with Gasteiger partial charge in [-0.2, -0.15) is 4.98 Å². The van der Waals surface area contributed by atoms with E-state index < -0.39 is 0 Å². The Balaban J connectivity index is 2.26. The minimum absolute atomic E-state index is 0.110. The summed E-state index contributed by atoms with van der Waals surface area (Å²) in [4.78, 5) is 4.57. The molecule has 1 aliphatic carbocycles. The largest absolute Gasteiger partial charge is 0.339 e. The fourth-order valence-corrected chi connectivity index (χ4v) is 2.92. The predicted molar refractivity (Wildman–Crippen MR) is 71.3 cm³/mol. The molecular formula is C14H25N3O. The van der Waals surface area contributed by atoms with E-state index >= 15 is 0 Å². The number of rotatable bonds is 2. The molecule has 0 saturated heterocycles. The van der Waals surface area contributed by atoms with Gasteiger partial charge < -0.3 is 10.3 Å². The van der Waals surface area contributed by atoms with Crippen molar-refractivity contribution in [3.8, 4) is 0 Å². The smallest absolute Gasteiger partial charge is 0.230 e. The lowest BCUT2D eigenvalue weighted by Gasteiger charge is -2.45. The van der Waals surface area contributed by atoms with Crippen molar-refractivity contribution in [2.24, 2.45) is 17.1 Å². The molecule has 4 nitrogen and oxygen atoms in total. The van der Waals surface area contributed by atoms with Crippen molar-refractivity contribution in [1.82, 2.24) is 10.1 Å². The molecule has 1 aromatic rings. The van der Waals surface area contributed by atoms with E-state index in [2.05, 4.69) is 44.8 Å². The van der Waals surface area contributed by atoms with Crippen molar-refractivity contribution in [2.45, 2.75) is 65.3 Å². The molecule has 0 bridgehead atoms. The summed E-state index contributed by atoms with van der Waals surface area (Å²) in [5.41, 5.74) is 6.29. The minimum atomic E-state index is 0.110. The Kier molecular flexibility index (Phi) is 3.49. The van der Waals surface area contributed by atoms with Crippen molar-refractivity contribution in [3.63, 3.8) is 0 Å². The summed E-state index contributed by atoms with van der Waals surface area (Å²) in [6, 6.07) is 0.281. The molecular weight excluding hydrogens is 226 g/mol. The highest BCUT2D eigenvalue weighted by molar-refractivity contribution is 5.07. The summed E-state index contributed by atoms with van der Waals surface area (Å²) in [5, 5.41) is 4.08. The highest BCUT2D eigenvalue weighted by Crippen LogP contribution is 2.49. The third kappa shape index (κ3) is 2.18. The molecule has 3 atom stereocenters. The highest BCUT2D eigenvalue weighted by Gasteiger charge is 2.44. The van der Waals surface area contributed by atoms with E-state index in [4.69, 9.17) is 10.3 Å². The molecule has 0 radical (unpaired) electrons. The summed E-state index contributed by atoms with van der Waals surface area (Å²) < 4.78 is 5.48. The second-order valence-corrected chi connectivity index (χ2v) is 6.55. The second kappa shape index (κ2) is 4.65. The molecule has 1 aliphatic rings. The van der Waals surface area contributed by atoms with Crippen LogP contribution >= 0.6 is 0 Å². The third-order valence-electron chi connectivity index (χ3n) is 4.77. The van der Waals surface area contributed by atoms with Crippen LogP contribution in [0.4, 0.5) is 0 Å². The monoisotopic (exact) mass is 251 g/mol. The maximum absolute atomic E-state index is 6.18. The molecule has 2 rings (SSSR count). The van der Waals surface area contributed by atoms with Crippen molar-refractivity contribution < 1.29 is 4.52 Å². The van der Waals surface area contributed by atoms with E-state index in [1.165, 1.54) is 0 Å². The molecule has 2 N–H and O–H groups in total. The van der Waals surface area contributed by atoms with Crippen LogP contribution in [-0.2, 0) is 0 Å². The number of hydrogen-bond donors (Lipinski definition) is 1. The van der Waals surface area contributed by atoms with Gasteiger partial charge in [0.1, 0.15) is 0 Å². The van der Waals surface area contributed by atoms with E-state index in [1.807, 2.05) is 0 Å². The van der Waals surface area contributed by atoms with Crippen LogP contribution in [0.5, 0.6) is 0 Å². The van der Waals surface area contributed by atoms with Crippen LogP contribution in [0.1, 0.15) is 71.0 Å². The fourth-order valence-electron chi connectivity index (χ4n) is 2.92. The Hall–Kier alpha value is -0.900. The van der Waals surface area contributed by atoms with Crippen molar-refractivity contribution in [1.29, 1.82) is 0 Å². The first-order valence-electron chi connectivity index (χ1n) is 6.93. The maximum Gasteiger partial charge on any atom is 0.230 e. The molecule has 18 heavy (non-hydrogen) atoms. The van der Waals surface area contributed by atoms with E-state index in [0.717, 1.165) is 24.6 Å². The van der Waals surface area contributed by atoms with Gasteiger partial charge >= 0.3 is 0 Å². The zero-order valence-corrected chi connectivity index (χ0v) is 12.1. The lowest BCUT2D eigenvalue weighted by Crippen LogP contribution is -2.45.